The maximum absolute atomic E-state index is 12.1. The van der Waals surface area contributed by atoms with Gasteiger partial charge < -0.3 is 10.2 Å². The number of nitrogens with zero attached hydrogens (tertiary/aromatic N) is 1. The number of aryl methyl sites for hydroxylation is 1. The molecule has 1 aliphatic heterocycles. The van der Waals surface area contributed by atoms with Gasteiger partial charge in [-0.3, -0.25) is 0 Å². The van der Waals surface area contributed by atoms with Crippen LogP contribution in [0.5, 0.6) is 0 Å². The molecule has 28 heavy (non-hydrogen) atoms. The Bertz CT molecular complexity index is 1080. The number of carbonyl (C=O) groups is 1. The normalized spacial score (nSPS) is 14.7. The van der Waals surface area contributed by atoms with Crippen molar-refractivity contribution in [2.75, 3.05) is 5.32 Å². The van der Waals surface area contributed by atoms with E-state index in [0.29, 0.717) is 16.3 Å². The van der Waals surface area contributed by atoms with E-state index in [1.165, 1.54) is 5.56 Å². The summed E-state index contributed by atoms with van der Waals surface area (Å²) < 4.78 is 0. The Hall–Kier alpha value is -3.37. The van der Waals surface area contributed by atoms with Crippen LogP contribution < -0.4 is 5.32 Å². The van der Waals surface area contributed by atoms with Gasteiger partial charge in [-0.1, -0.05) is 59.2 Å². The number of anilines is 2. The summed E-state index contributed by atoms with van der Waals surface area (Å²) in [7, 11) is 0. The van der Waals surface area contributed by atoms with E-state index in [4.69, 9.17) is 16.4 Å². The summed E-state index contributed by atoms with van der Waals surface area (Å²) >= 11 is 5.94. The summed E-state index contributed by atoms with van der Waals surface area (Å²) in [5, 5.41) is 7.94. The molecule has 0 saturated heterocycles. The van der Waals surface area contributed by atoms with E-state index in [1.54, 1.807) is 18.2 Å². The number of hydrogen-bond acceptors (Lipinski definition) is 4. The summed E-state index contributed by atoms with van der Waals surface area (Å²) in [5.41, 5.74) is 5.78. The molecule has 0 amide bonds. The van der Waals surface area contributed by atoms with Gasteiger partial charge in [0.2, 0.25) is 0 Å². The molecule has 0 fully saturated rings. The Morgan fingerprint density at radius 1 is 0.964 bits per heavy atom. The topological polar surface area (TPSA) is 50.7 Å². The molecule has 4 nitrogen and oxygen atoms in total. The van der Waals surface area contributed by atoms with E-state index in [-0.39, 0.29) is 0 Å². The summed E-state index contributed by atoms with van der Waals surface area (Å²) in [5.74, 6) is -0.466. The van der Waals surface area contributed by atoms with Crippen molar-refractivity contribution in [3.8, 4) is 0 Å². The minimum Gasteiger partial charge on any atom is -0.355 e. The molecule has 0 unspecified atom stereocenters. The van der Waals surface area contributed by atoms with E-state index in [0.717, 1.165) is 22.5 Å². The van der Waals surface area contributed by atoms with Gasteiger partial charge in [0.1, 0.15) is 5.71 Å². The first-order valence-corrected chi connectivity index (χ1v) is 9.18. The molecule has 0 bridgehead atoms. The third kappa shape index (κ3) is 3.82. The Morgan fingerprint density at radius 3 is 2.39 bits per heavy atom. The zero-order valence-electron chi connectivity index (χ0n) is 15.1. The highest BCUT2D eigenvalue weighted by Gasteiger charge is 2.26. The fourth-order valence-corrected chi connectivity index (χ4v) is 3.05. The number of carbonyl (C=O) groups excluding carboxylic acids is 1. The molecule has 4 rings (SSSR count). The highest BCUT2D eigenvalue weighted by molar-refractivity contribution is 6.32. The fourth-order valence-electron chi connectivity index (χ4n) is 2.92. The monoisotopic (exact) mass is 388 g/mol. The lowest BCUT2D eigenvalue weighted by Gasteiger charge is -2.09. The molecule has 1 heterocycles. The van der Waals surface area contributed by atoms with E-state index >= 15 is 0 Å². The molecule has 0 saturated carbocycles. The van der Waals surface area contributed by atoms with Crippen molar-refractivity contribution in [3.05, 3.63) is 100 Å². The summed E-state index contributed by atoms with van der Waals surface area (Å²) in [4.78, 5) is 17.0. The third-order valence-electron chi connectivity index (χ3n) is 4.46. The van der Waals surface area contributed by atoms with Crippen molar-refractivity contribution >= 4 is 40.7 Å². The van der Waals surface area contributed by atoms with Crippen molar-refractivity contribution in [3.63, 3.8) is 0 Å². The van der Waals surface area contributed by atoms with Gasteiger partial charge in [-0.25, -0.2) is 4.79 Å². The minimum atomic E-state index is -0.466. The number of benzene rings is 3. The molecule has 3 aromatic carbocycles. The maximum atomic E-state index is 12.1. The molecular weight excluding hydrogens is 372 g/mol. The van der Waals surface area contributed by atoms with E-state index < -0.39 is 5.97 Å². The standard InChI is InChI=1S/C23H17ClN2O2/c1-15-4-2-3-5-21(15)25-19-12-6-16(7-13-19)14-20-22(26-28-23(20)27)17-8-10-18(24)11-9-17/h2-14,25H,1H3/b20-14+. The lowest BCUT2D eigenvalue weighted by molar-refractivity contribution is -0.136. The minimum absolute atomic E-state index is 0.418. The highest BCUT2D eigenvalue weighted by atomic mass is 35.5. The first-order valence-electron chi connectivity index (χ1n) is 8.80. The van der Waals surface area contributed by atoms with Crippen LogP contribution in [-0.2, 0) is 9.63 Å². The van der Waals surface area contributed by atoms with Crippen molar-refractivity contribution < 1.29 is 9.63 Å². The summed E-state index contributed by atoms with van der Waals surface area (Å²) in [6.45, 7) is 2.06. The van der Waals surface area contributed by atoms with Crippen LogP contribution in [0.3, 0.4) is 0 Å². The number of rotatable bonds is 4. The SMILES string of the molecule is Cc1ccccc1Nc1ccc(/C=C2/C(=O)ON=C2c2ccc(Cl)cc2)cc1. The number of oxime groups is 1. The quantitative estimate of drug-likeness (QED) is 0.458. The lowest BCUT2D eigenvalue weighted by Crippen LogP contribution is -2.06. The van der Waals surface area contributed by atoms with Gasteiger partial charge in [0.15, 0.2) is 0 Å². The molecule has 0 radical (unpaired) electrons. The van der Waals surface area contributed by atoms with Crippen LogP contribution in [0.15, 0.2) is 83.5 Å². The number of nitrogens with one attached hydrogen (secondary N) is 1. The summed E-state index contributed by atoms with van der Waals surface area (Å²) in [6, 6.07) is 23.1. The van der Waals surface area contributed by atoms with Gasteiger partial charge in [0.05, 0.1) is 5.57 Å². The first-order chi connectivity index (χ1) is 13.6. The van der Waals surface area contributed by atoms with Crippen molar-refractivity contribution in [1.82, 2.24) is 0 Å². The molecule has 0 aliphatic carbocycles. The lowest BCUT2D eigenvalue weighted by atomic mass is 10.0. The van der Waals surface area contributed by atoms with Crippen LogP contribution >= 0.6 is 11.6 Å². The first kappa shape index (κ1) is 18.0. The average molecular weight is 389 g/mol. The van der Waals surface area contributed by atoms with Crippen LogP contribution in [0.25, 0.3) is 6.08 Å². The fraction of sp³-hybridized carbons (Fsp3) is 0.0435. The van der Waals surface area contributed by atoms with Crippen LogP contribution in [0, 0.1) is 6.92 Å². The van der Waals surface area contributed by atoms with Gasteiger partial charge >= 0.3 is 5.97 Å². The maximum Gasteiger partial charge on any atom is 0.368 e. The van der Waals surface area contributed by atoms with E-state index in [2.05, 4.69) is 23.5 Å². The van der Waals surface area contributed by atoms with Crippen LogP contribution in [-0.4, -0.2) is 11.7 Å². The predicted octanol–water partition coefficient (Wildman–Crippen LogP) is 5.74. The van der Waals surface area contributed by atoms with Crippen LogP contribution in [0.2, 0.25) is 5.02 Å². The predicted molar refractivity (Wildman–Crippen MR) is 113 cm³/mol. The van der Waals surface area contributed by atoms with E-state index in [1.807, 2.05) is 54.6 Å². The van der Waals surface area contributed by atoms with Crippen LogP contribution in [0.4, 0.5) is 11.4 Å². The van der Waals surface area contributed by atoms with Gasteiger partial charge in [-0.2, -0.15) is 0 Å². The second-order valence-corrected chi connectivity index (χ2v) is 6.88. The van der Waals surface area contributed by atoms with Crippen molar-refractivity contribution in [1.29, 1.82) is 0 Å². The largest absolute Gasteiger partial charge is 0.368 e. The molecule has 5 heteroatoms. The molecule has 1 N–H and O–H groups in total. The molecule has 3 aromatic rings. The molecule has 0 aromatic heterocycles. The Balaban J connectivity index is 1.57. The highest BCUT2D eigenvalue weighted by Crippen LogP contribution is 2.24. The van der Waals surface area contributed by atoms with Gasteiger partial charge in [-0.05, 0) is 54.5 Å². The van der Waals surface area contributed by atoms with Gasteiger partial charge in [0.25, 0.3) is 0 Å². The number of halogens is 1. The molecule has 0 atom stereocenters. The second kappa shape index (κ2) is 7.71. The van der Waals surface area contributed by atoms with Crippen molar-refractivity contribution in [2.45, 2.75) is 6.92 Å². The van der Waals surface area contributed by atoms with Gasteiger partial charge in [-0.15, -0.1) is 0 Å². The van der Waals surface area contributed by atoms with Crippen molar-refractivity contribution in [2.24, 2.45) is 5.16 Å². The second-order valence-electron chi connectivity index (χ2n) is 6.45. The molecule has 1 aliphatic rings. The Kier molecular flexibility index (Phi) is 4.96. The number of hydrogen-bond donors (Lipinski definition) is 1. The molecule has 138 valence electrons. The van der Waals surface area contributed by atoms with Crippen LogP contribution in [0.1, 0.15) is 16.7 Å². The Morgan fingerprint density at radius 2 is 1.68 bits per heavy atom. The molecular formula is C23H17ClN2O2. The Labute approximate surface area is 168 Å². The molecule has 0 spiro atoms. The van der Waals surface area contributed by atoms with Gasteiger partial charge in [0, 0.05) is 22.0 Å². The zero-order chi connectivity index (χ0) is 19.5. The summed E-state index contributed by atoms with van der Waals surface area (Å²) in [6.07, 6.45) is 1.78. The zero-order valence-corrected chi connectivity index (χ0v) is 15.9. The third-order valence-corrected chi connectivity index (χ3v) is 4.71. The number of para-hydroxylation sites is 1. The van der Waals surface area contributed by atoms with E-state index in [9.17, 15) is 4.79 Å². The average Bonchev–Trinajstić information content (AvgIpc) is 3.06. The smallest absolute Gasteiger partial charge is 0.355 e.